The Labute approximate surface area is 337 Å². The Morgan fingerprint density at radius 2 is 0.864 bits per heavy atom. The molecule has 0 unspecified atom stereocenters. The van der Waals surface area contributed by atoms with E-state index in [0.29, 0.717) is 12.8 Å². The van der Waals surface area contributed by atoms with Crippen LogP contribution >= 0.6 is 0 Å². The molecule has 0 saturated heterocycles. The Kier molecular flexibility index (Phi) is 24.9. The summed E-state index contributed by atoms with van der Waals surface area (Å²) in [6.45, 7) is 2.34. The quantitative estimate of drug-likeness (QED) is 0.0293. The molecule has 0 heterocycles. The van der Waals surface area contributed by atoms with Crippen LogP contribution in [0.1, 0.15) is 84.5 Å². The van der Waals surface area contributed by atoms with Gasteiger partial charge in [-0.25, -0.2) is 4.79 Å². The van der Waals surface area contributed by atoms with Gasteiger partial charge in [-0.2, -0.15) is 0 Å². The minimum atomic E-state index is -1.90. The molecule has 0 saturated carbocycles. The number of hydrogen-bond donors (Lipinski definition) is 14. The second-order valence-corrected chi connectivity index (χ2v) is 13.8. The summed E-state index contributed by atoms with van der Waals surface area (Å²) in [6.07, 6.45) is -3.94. The summed E-state index contributed by atoms with van der Waals surface area (Å²) in [5, 5.41) is 69.2. The standard InChI is InChI=1S/C34H56N8O17/c1-16(2)13-21(41-32(56)22(14-27(50)51)40-28(52)17(36)6-9-24(44)45)31(55)37-19(8-11-26(48)49)30(54)42-23(15-43)33(57)38-18(7-10-25(46)47)29(53)39-20(34(58)59)5-3-4-12-35/h16-23,43H,3-15,35-36H2,1-2H3,(H,37,55)(H,38,57)(H,39,53)(H,40,52)(H,41,56)(H,42,54)(H,44,45)(H,46,47)(H,48,49)(H,50,51)(H,58,59)/t17-,18-,19-,20-,21-,22-,23-/m0/s1. The molecule has 7 atom stereocenters. The van der Waals surface area contributed by atoms with E-state index < -0.39 is 153 Å². The Hall–Kier alpha value is -5.95. The molecule has 334 valence electrons. The van der Waals surface area contributed by atoms with Crippen LogP contribution in [0.5, 0.6) is 0 Å². The summed E-state index contributed by atoms with van der Waals surface area (Å²) < 4.78 is 0. The summed E-state index contributed by atoms with van der Waals surface area (Å²) in [5.41, 5.74) is 11.1. The number of carbonyl (C=O) groups is 11. The number of amides is 6. The normalized spacial score (nSPS) is 14.5. The van der Waals surface area contributed by atoms with Crippen LogP contribution in [0.3, 0.4) is 0 Å². The SMILES string of the molecule is CC(C)C[C@H](NC(=O)[C@H](CC(=O)O)NC(=O)[C@@H](N)CCC(=O)O)C(=O)N[C@@H](CCC(=O)O)C(=O)N[C@@H](CO)C(=O)N[C@@H](CCC(=O)O)C(=O)N[C@@H](CCCCN)C(=O)O. The number of aliphatic hydroxyl groups is 1. The van der Waals surface area contributed by atoms with Gasteiger partial charge >= 0.3 is 29.8 Å². The summed E-state index contributed by atoms with van der Waals surface area (Å²) in [6, 6.07) is -11.6. The van der Waals surface area contributed by atoms with Crippen LogP contribution in [-0.2, 0) is 52.7 Å². The maximum Gasteiger partial charge on any atom is 0.326 e. The largest absolute Gasteiger partial charge is 0.481 e. The molecule has 16 N–H and O–H groups in total. The van der Waals surface area contributed by atoms with E-state index in [9.17, 15) is 73.2 Å². The number of rotatable bonds is 31. The van der Waals surface area contributed by atoms with Crippen molar-refractivity contribution in [3.05, 3.63) is 0 Å². The number of carboxylic acids is 5. The molecule has 0 bridgehead atoms. The van der Waals surface area contributed by atoms with Crippen molar-refractivity contribution in [1.29, 1.82) is 0 Å². The number of unbranched alkanes of at least 4 members (excludes halogenated alkanes) is 1. The van der Waals surface area contributed by atoms with Gasteiger partial charge in [-0.15, -0.1) is 0 Å². The molecule has 0 fully saturated rings. The van der Waals surface area contributed by atoms with Gasteiger partial charge in [0.2, 0.25) is 35.4 Å². The van der Waals surface area contributed by atoms with Crippen LogP contribution in [0.25, 0.3) is 0 Å². The first-order valence-electron chi connectivity index (χ1n) is 18.5. The summed E-state index contributed by atoms with van der Waals surface area (Å²) in [7, 11) is 0. The molecule has 0 radical (unpaired) electrons. The molecule has 0 spiro atoms. The van der Waals surface area contributed by atoms with Crippen molar-refractivity contribution in [3.63, 3.8) is 0 Å². The lowest BCUT2D eigenvalue weighted by Crippen LogP contribution is -2.60. The minimum Gasteiger partial charge on any atom is -0.481 e. The van der Waals surface area contributed by atoms with Gasteiger partial charge in [0, 0.05) is 19.3 Å². The van der Waals surface area contributed by atoms with E-state index in [1.54, 1.807) is 13.8 Å². The van der Waals surface area contributed by atoms with Crippen LogP contribution in [0.2, 0.25) is 0 Å². The van der Waals surface area contributed by atoms with E-state index >= 15 is 0 Å². The number of nitrogens with one attached hydrogen (secondary N) is 6. The van der Waals surface area contributed by atoms with E-state index in [0.717, 1.165) is 0 Å². The number of aliphatic hydroxyl groups excluding tert-OH is 1. The monoisotopic (exact) mass is 848 g/mol. The van der Waals surface area contributed by atoms with E-state index in [1.165, 1.54) is 0 Å². The third-order valence-electron chi connectivity index (χ3n) is 8.29. The number of nitrogens with two attached hydrogens (primary N) is 2. The summed E-state index contributed by atoms with van der Waals surface area (Å²) in [5.74, 6) is -14.4. The Bertz CT molecular complexity index is 1510. The van der Waals surface area contributed by atoms with Gasteiger partial charge in [0.1, 0.15) is 36.3 Å². The van der Waals surface area contributed by atoms with Gasteiger partial charge in [-0.1, -0.05) is 13.8 Å². The number of carboxylic acid groups (broad SMARTS) is 5. The van der Waals surface area contributed by atoms with Crippen molar-refractivity contribution in [2.45, 2.75) is 127 Å². The van der Waals surface area contributed by atoms with E-state index in [4.69, 9.17) is 21.7 Å². The molecular weight excluding hydrogens is 792 g/mol. The molecule has 0 aromatic rings. The Morgan fingerprint density at radius 3 is 1.29 bits per heavy atom. The third-order valence-corrected chi connectivity index (χ3v) is 8.29. The molecule has 59 heavy (non-hydrogen) atoms. The highest BCUT2D eigenvalue weighted by Crippen LogP contribution is 2.10. The lowest BCUT2D eigenvalue weighted by atomic mass is 10.0. The van der Waals surface area contributed by atoms with Gasteiger partial charge in [-0.3, -0.25) is 47.9 Å². The van der Waals surface area contributed by atoms with Gasteiger partial charge < -0.3 is 74.0 Å². The molecule has 0 aliphatic heterocycles. The second-order valence-electron chi connectivity index (χ2n) is 13.8. The first kappa shape index (κ1) is 53.0. The number of hydrogen-bond acceptors (Lipinski definition) is 14. The highest BCUT2D eigenvalue weighted by atomic mass is 16.4. The van der Waals surface area contributed by atoms with Crippen molar-refractivity contribution in [2.75, 3.05) is 13.2 Å². The first-order valence-corrected chi connectivity index (χ1v) is 18.5. The van der Waals surface area contributed by atoms with E-state index in [2.05, 4.69) is 31.9 Å². The van der Waals surface area contributed by atoms with Gasteiger partial charge in [0.05, 0.1) is 19.1 Å². The maximum absolute atomic E-state index is 13.6. The fraction of sp³-hybridized carbons (Fsp3) is 0.676. The minimum absolute atomic E-state index is 0.0529. The number of carbonyl (C=O) groups excluding carboxylic acids is 6. The second kappa shape index (κ2) is 27.6. The predicted molar refractivity (Wildman–Crippen MR) is 200 cm³/mol. The molecule has 0 aliphatic carbocycles. The zero-order chi connectivity index (χ0) is 45.4. The van der Waals surface area contributed by atoms with Crippen LogP contribution in [0.15, 0.2) is 0 Å². The highest BCUT2D eigenvalue weighted by molar-refractivity contribution is 5.98. The van der Waals surface area contributed by atoms with E-state index in [-0.39, 0.29) is 31.7 Å². The molecule has 25 heteroatoms. The average Bonchev–Trinajstić information content (AvgIpc) is 3.13. The molecule has 0 aromatic carbocycles. The maximum atomic E-state index is 13.6. The van der Waals surface area contributed by atoms with Crippen LogP contribution in [-0.4, -0.2) is 151 Å². The zero-order valence-electron chi connectivity index (χ0n) is 32.6. The van der Waals surface area contributed by atoms with Crippen molar-refractivity contribution >= 4 is 65.3 Å². The van der Waals surface area contributed by atoms with Crippen molar-refractivity contribution < 1.29 is 83.4 Å². The summed E-state index contributed by atoms with van der Waals surface area (Å²) >= 11 is 0. The molecule has 0 aromatic heterocycles. The lowest BCUT2D eigenvalue weighted by molar-refractivity contribution is -0.143. The molecule has 25 nitrogen and oxygen atoms in total. The first-order chi connectivity index (χ1) is 27.5. The van der Waals surface area contributed by atoms with Crippen LogP contribution < -0.4 is 43.4 Å². The van der Waals surface area contributed by atoms with Gasteiger partial charge in [0.15, 0.2) is 0 Å². The third kappa shape index (κ3) is 22.5. The van der Waals surface area contributed by atoms with Crippen LogP contribution in [0, 0.1) is 5.92 Å². The topological polar surface area (TPSA) is 433 Å². The van der Waals surface area contributed by atoms with Crippen LogP contribution in [0.4, 0.5) is 0 Å². The zero-order valence-corrected chi connectivity index (χ0v) is 32.6. The lowest BCUT2D eigenvalue weighted by Gasteiger charge is -2.27. The van der Waals surface area contributed by atoms with Crippen molar-refractivity contribution in [1.82, 2.24) is 31.9 Å². The number of aliphatic carboxylic acids is 5. The molecule has 6 amide bonds. The molecule has 0 aliphatic rings. The fourth-order valence-corrected chi connectivity index (χ4v) is 5.15. The predicted octanol–water partition coefficient (Wildman–Crippen LogP) is -4.46. The molecular formula is C34H56N8O17. The Balaban J connectivity index is 6.26. The van der Waals surface area contributed by atoms with Crippen molar-refractivity contribution in [3.8, 4) is 0 Å². The van der Waals surface area contributed by atoms with Gasteiger partial charge in [0.25, 0.3) is 0 Å². The smallest absolute Gasteiger partial charge is 0.326 e. The Morgan fingerprint density at radius 1 is 0.475 bits per heavy atom. The summed E-state index contributed by atoms with van der Waals surface area (Å²) in [4.78, 5) is 136. The van der Waals surface area contributed by atoms with E-state index in [1.807, 2.05) is 0 Å². The highest BCUT2D eigenvalue weighted by Gasteiger charge is 2.34. The van der Waals surface area contributed by atoms with Crippen molar-refractivity contribution in [2.24, 2.45) is 17.4 Å². The molecule has 0 rings (SSSR count). The average molecular weight is 849 g/mol. The van der Waals surface area contributed by atoms with Gasteiger partial charge in [-0.05, 0) is 57.4 Å². The fourth-order valence-electron chi connectivity index (χ4n) is 5.15.